The smallest absolute Gasteiger partial charge is 0.277 e. The van der Waals surface area contributed by atoms with Gasteiger partial charge in [-0.25, -0.2) is 4.63 Å². The zero-order valence-electron chi connectivity index (χ0n) is 17.5. The maximum absolute atomic E-state index is 12.0. The molecule has 10 heteroatoms. The normalized spacial score (nSPS) is 11.0. The second kappa shape index (κ2) is 10.5. The SMILES string of the molecule is Nc1nonc1C(=O)NCCNCc1c(OCc2ccc(Cl)cc2Cl)ccc2ccccc12. The van der Waals surface area contributed by atoms with Gasteiger partial charge in [0, 0.05) is 40.8 Å². The summed E-state index contributed by atoms with van der Waals surface area (Å²) >= 11 is 12.3. The molecule has 0 saturated carbocycles. The van der Waals surface area contributed by atoms with Crippen molar-refractivity contribution in [1.82, 2.24) is 20.9 Å². The van der Waals surface area contributed by atoms with Crippen LogP contribution in [0.2, 0.25) is 10.0 Å². The first-order valence-corrected chi connectivity index (χ1v) is 10.9. The highest BCUT2D eigenvalue weighted by Gasteiger charge is 2.15. The highest BCUT2D eigenvalue weighted by Crippen LogP contribution is 2.30. The lowest BCUT2D eigenvalue weighted by atomic mass is 10.0. The van der Waals surface area contributed by atoms with Crippen LogP contribution in [-0.4, -0.2) is 29.3 Å². The molecule has 3 aromatic carbocycles. The average Bonchev–Trinajstić information content (AvgIpc) is 3.24. The number of anilines is 1. The highest BCUT2D eigenvalue weighted by atomic mass is 35.5. The third kappa shape index (κ3) is 5.54. The van der Waals surface area contributed by atoms with E-state index >= 15 is 0 Å². The van der Waals surface area contributed by atoms with Gasteiger partial charge in [-0.2, -0.15) is 0 Å². The lowest BCUT2D eigenvalue weighted by Crippen LogP contribution is -2.32. The molecule has 0 unspecified atom stereocenters. The van der Waals surface area contributed by atoms with E-state index in [1.807, 2.05) is 30.3 Å². The number of carbonyl (C=O) groups excluding carboxylic acids is 1. The standard InChI is InChI=1S/C23H21Cl2N5O3/c24-16-7-5-15(19(25)11-16)13-32-20-8-6-14-3-1-2-4-17(14)18(20)12-27-9-10-28-23(31)21-22(26)30-33-29-21/h1-8,11,27H,9-10,12-13H2,(H2,26,30)(H,28,31). The van der Waals surface area contributed by atoms with Gasteiger partial charge in [0.05, 0.1) is 0 Å². The number of ether oxygens (including phenoxy) is 1. The second-order valence-electron chi connectivity index (χ2n) is 7.22. The van der Waals surface area contributed by atoms with Gasteiger partial charge in [0.15, 0.2) is 0 Å². The van der Waals surface area contributed by atoms with E-state index in [-0.39, 0.29) is 11.5 Å². The number of fused-ring (bicyclic) bond motifs is 1. The predicted octanol–water partition coefficient (Wildman–Crippen LogP) is 4.21. The van der Waals surface area contributed by atoms with Gasteiger partial charge in [0.2, 0.25) is 11.5 Å². The van der Waals surface area contributed by atoms with Gasteiger partial charge >= 0.3 is 0 Å². The molecule has 1 aromatic heterocycles. The number of aromatic nitrogens is 2. The molecule has 0 aliphatic carbocycles. The Labute approximate surface area is 200 Å². The fraction of sp³-hybridized carbons (Fsp3) is 0.174. The van der Waals surface area contributed by atoms with Crippen molar-refractivity contribution in [1.29, 1.82) is 0 Å². The quantitative estimate of drug-likeness (QED) is 0.304. The summed E-state index contributed by atoms with van der Waals surface area (Å²) in [7, 11) is 0. The van der Waals surface area contributed by atoms with Crippen LogP contribution in [0.15, 0.2) is 59.2 Å². The van der Waals surface area contributed by atoms with Crippen molar-refractivity contribution < 1.29 is 14.2 Å². The van der Waals surface area contributed by atoms with Crippen LogP contribution in [0.4, 0.5) is 5.82 Å². The van der Waals surface area contributed by atoms with E-state index in [9.17, 15) is 4.79 Å². The molecule has 0 aliphatic heterocycles. The number of nitrogen functional groups attached to an aromatic ring is 1. The van der Waals surface area contributed by atoms with E-state index in [0.717, 1.165) is 27.6 Å². The molecule has 170 valence electrons. The second-order valence-corrected chi connectivity index (χ2v) is 8.06. The van der Waals surface area contributed by atoms with Crippen LogP contribution in [0.25, 0.3) is 10.8 Å². The summed E-state index contributed by atoms with van der Waals surface area (Å²) < 4.78 is 10.6. The van der Waals surface area contributed by atoms with Crippen LogP contribution in [0, 0.1) is 0 Å². The Balaban J connectivity index is 1.41. The summed E-state index contributed by atoms with van der Waals surface area (Å²) in [5, 5.41) is 16.3. The van der Waals surface area contributed by atoms with Crippen LogP contribution in [0.5, 0.6) is 5.75 Å². The Morgan fingerprint density at radius 3 is 2.70 bits per heavy atom. The first-order chi connectivity index (χ1) is 16.0. The Morgan fingerprint density at radius 1 is 1.06 bits per heavy atom. The number of benzene rings is 3. The number of halogens is 2. The minimum Gasteiger partial charge on any atom is -0.488 e. The summed E-state index contributed by atoms with van der Waals surface area (Å²) in [5.74, 6) is 0.265. The molecule has 33 heavy (non-hydrogen) atoms. The summed E-state index contributed by atoms with van der Waals surface area (Å²) in [6.07, 6.45) is 0. The van der Waals surface area contributed by atoms with Crippen molar-refractivity contribution >= 4 is 45.7 Å². The Morgan fingerprint density at radius 2 is 1.91 bits per heavy atom. The number of hydrogen-bond acceptors (Lipinski definition) is 7. The van der Waals surface area contributed by atoms with Crippen molar-refractivity contribution in [2.75, 3.05) is 18.8 Å². The van der Waals surface area contributed by atoms with E-state index in [4.69, 9.17) is 33.7 Å². The molecule has 4 rings (SSSR count). The fourth-order valence-corrected chi connectivity index (χ4v) is 3.81. The van der Waals surface area contributed by atoms with E-state index < -0.39 is 5.91 Å². The number of nitrogens with one attached hydrogen (secondary N) is 2. The highest BCUT2D eigenvalue weighted by molar-refractivity contribution is 6.35. The molecule has 0 bridgehead atoms. The Kier molecular flexibility index (Phi) is 7.29. The number of carbonyl (C=O) groups is 1. The van der Waals surface area contributed by atoms with Crippen LogP contribution < -0.4 is 21.1 Å². The van der Waals surface area contributed by atoms with Crippen molar-refractivity contribution in [3.63, 3.8) is 0 Å². The Hall–Kier alpha value is -3.33. The molecule has 0 fully saturated rings. The molecule has 8 nitrogen and oxygen atoms in total. The summed E-state index contributed by atoms with van der Waals surface area (Å²) in [5.41, 5.74) is 7.36. The van der Waals surface area contributed by atoms with Crippen molar-refractivity contribution in [3.8, 4) is 5.75 Å². The van der Waals surface area contributed by atoms with Crippen LogP contribution >= 0.6 is 23.2 Å². The monoisotopic (exact) mass is 485 g/mol. The number of rotatable bonds is 9. The van der Waals surface area contributed by atoms with E-state index in [1.54, 1.807) is 12.1 Å². The molecule has 4 N–H and O–H groups in total. The lowest BCUT2D eigenvalue weighted by molar-refractivity contribution is 0.0944. The maximum Gasteiger partial charge on any atom is 0.277 e. The van der Waals surface area contributed by atoms with Gasteiger partial charge in [-0.1, -0.05) is 59.6 Å². The predicted molar refractivity (Wildman–Crippen MR) is 127 cm³/mol. The Bertz CT molecular complexity index is 1280. The van der Waals surface area contributed by atoms with E-state index in [2.05, 4.69) is 37.7 Å². The topological polar surface area (TPSA) is 115 Å². The van der Waals surface area contributed by atoms with Crippen molar-refractivity contribution in [2.24, 2.45) is 0 Å². The average molecular weight is 486 g/mol. The van der Waals surface area contributed by atoms with Crippen molar-refractivity contribution in [3.05, 3.63) is 81.5 Å². The molecular weight excluding hydrogens is 465 g/mol. The molecule has 0 spiro atoms. The van der Waals surface area contributed by atoms with Gasteiger partial charge in [-0.3, -0.25) is 4.79 Å². The van der Waals surface area contributed by atoms with Gasteiger partial charge in [-0.05, 0) is 39.3 Å². The first-order valence-electron chi connectivity index (χ1n) is 10.2. The minimum atomic E-state index is -0.440. The molecule has 0 aliphatic rings. The molecule has 1 heterocycles. The van der Waals surface area contributed by atoms with Gasteiger partial charge < -0.3 is 21.1 Å². The summed E-state index contributed by atoms with van der Waals surface area (Å²) in [4.78, 5) is 12.0. The van der Waals surface area contributed by atoms with Gasteiger partial charge in [0.1, 0.15) is 12.4 Å². The van der Waals surface area contributed by atoms with Crippen LogP contribution in [0.1, 0.15) is 21.6 Å². The number of amides is 1. The number of nitrogens with two attached hydrogens (primary N) is 1. The number of hydrogen-bond donors (Lipinski definition) is 3. The van der Waals surface area contributed by atoms with E-state index in [1.165, 1.54) is 0 Å². The van der Waals surface area contributed by atoms with Gasteiger partial charge in [0.25, 0.3) is 5.91 Å². The lowest BCUT2D eigenvalue weighted by Gasteiger charge is -2.16. The third-order valence-corrected chi connectivity index (χ3v) is 5.60. The summed E-state index contributed by atoms with van der Waals surface area (Å²) in [6, 6.07) is 17.4. The number of nitrogens with zero attached hydrogens (tertiary/aromatic N) is 2. The summed E-state index contributed by atoms with van der Waals surface area (Å²) in [6.45, 7) is 1.73. The van der Waals surface area contributed by atoms with Gasteiger partial charge in [-0.15, -0.1) is 0 Å². The third-order valence-electron chi connectivity index (χ3n) is 5.01. The zero-order chi connectivity index (χ0) is 23.2. The molecular formula is C23H21Cl2N5O3. The minimum absolute atomic E-state index is 0.0272. The molecule has 0 radical (unpaired) electrons. The molecule has 0 saturated heterocycles. The zero-order valence-corrected chi connectivity index (χ0v) is 19.0. The maximum atomic E-state index is 12.0. The molecule has 4 aromatic rings. The van der Waals surface area contributed by atoms with Crippen LogP contribution in [0.3, 0.4) is 0 Å². The largest absolute Gasteiger partial charge is 0.488 e. The van der Waals surface area contributed by atoms with Crippen molar-refractivity contribution in [2.45, 2.75) is 13.2 Å². The van der Waals surface area contributed by atoms with Crippen LogP contribution in [-0.2, 0) is 13.2 Å². The molecule has 0 atom stereocenters. The molecule has 1 amide bonds. The van der Waals surface area contributed by atoms with E-state index in [0.29, 0.717) is 36.3 Å². The first kappa shape index (κ1) is 22.8. The fourth-order valence-electron chi connectivity index (χ4n) is 3.34.